The van der Waals surface area contributed by atoms with Gasteiger partial charge in [-0.3, -0.25) is 0 Å². The molecule has 1 aromatic rings. The maximum absolute atomic E-state index is 13.1. The van der Waals surface area contributed by atoms with Gasteiger partial charge in [0.15, 0.2) is 0 Å². The van der Waals surface area contributed by atoms with Gasteiger partial charge in [-0.15, -0.1) is 0 Å². The highest BCUT2D eigenvalue weighted by molar-refractivity contribution is 6.30. The van der Waals surface area contributed by atoms with Gasteiger partial charge in [0.25, 0.3) is 0 Å². The first-order valence-corrected chi connectivity index (χ1v) is 6.96. The number of rotatable bonds is 7. The molecule has 0 bridgehead atoms. The minimum atomic E-state index is -4.14. The van der Waals surface area contributed by atoms with E-state index in [0.29, 0.717) is 18.5 Å². The van der Waals surface area contributed by atoms with Gasteiger partial charge in [-0.1, -0.05) is 24.6 Å². The molecule has 0 saturated heterocycles. The molecule has 1 N–H and O–H groups in total. The molecule has 0 spiro atoms. The lowest BCUT2D eigenvalue weighted by atomic mass is 10.0. The van der Waals surface area contributed by atoms with E-state index in [-0.39, 0.29) is 17.5 Å². The Bertz CT molecular complexity index is 420. The van der Waals surface area contributed by atoms with Crippen molar-refractivity contribution in [2.24, 2.45) is 0 Å². The molecule has 1 atom stereocenters. The number of nitrogens with one attached hydrogen (secondary N) is 1. The van der Waals surface area contributed by atoms with Crippen LogP contribution in [0.4, 0.5) is 17.6 Å². The summed E-state index contributed by atoms with van der Waals surface area (Å²) in [6, 6.07) is 4.03. The van der Waals surface area contributed by atoms with Gasteiger partial charge >= 0.3 is 6.18 Å². The molecule has 1 nitrogen and oxygen atoms in total. The second-order valence-electron chi connectivity index (χ2n) is 4.69. The van der Waals surface area contributed by atoms with Crippen LogP contribution in [-0.4, -0.2) is 12.7 Å². The van der Waals surface area contributed by atoms with Gasteiger partial charge in [-0.05, 0) is 43.5 Å². The maximum Gasteiger partial charge on any atom is 0.389 e. The summed E-state index contributed by atoms with van der Waals surface area (Å²) in [5, 5.41) is 3.16. The average Bonchev–Trinajstić information content (AvgIpc) is 2.35. The molecule has 0 fully saturated rings. The summed E-state index contributed by atoms with van der Waals surface area (Å²) in [5.74, 6) is -0.528. The van der Waals surface area contributed by atoms with Crippen molar-refractivity contribution in [3.8, 4) is 0 Å². The second-order valence-corrected chi connectivity index (χ2v) is 5.09. The second kappa shape index (κ2) is 7.84. The highest BCUT2D eigenvalue weighted by Gasteiger charge is 2.27. The molecule has 0 radical (unpaired) electrons. The first-order valence-electron chi connectivity index (χ1n) is 6.58. The number of alkyl halides is 3. The first kappa shape index (κ1) is 17.2. The van der Waals surface area contributed by atoms with Crippen LogP contribution in [0.3, 0.4) is 0 Å². The maximum atomic E-state index is 13.1. The molecule has 1 rings (SSSR count). The highest BCUT2D eigenvalue weighted by atomic mass is 35.5. The zero-order chi connectivity index (χ0) is 15.2. The molecular formula is C14H18ClF4N. The van der Waals surface area contributed by atoms with Crippen molar-refractivity contribution in [1.82, 2.24) is 5.32 Å². The Balaban J connectivity index is 2.69. The summed E-state index contributed by atoms with van der Waals surface area (Å²) in [6.07, 6.45) is -3.73. The standard InChI is InChI=1S/C14H18ClF4N/c1-2-8-20-13(4-3-7-14(17,18)19)10-5-6-12(16)11(15)9-10/h5-6,9,13,20H,2-4,7-8H2,1H3. The van der Waals surface area contributed by atoms with Crippen molar-refractivity contribution in [1.29, 1.82) is 0 Å². The van der Waals surface area contributed by atoms with Crippen LogP contribution in [0.15, 0.2) is 18.2 Å². The summed E-state index contributed by atoms with van der Waals surface area (Å²) >= 11 is 5.72. The largest absolute Gasteiger partial charge is 0.389 e. The van der Waals surface area contributed by atoms with E-state index in [1.54, 1.807) is 6.07 Å². The normalized spacial score (nSPS) is 13.5. The van der Waals surface area contributed by atoms with E-state index in [4.69, 9.17) is 11.6 Å². The summed E-state index contributed by atoms with van der Waals surface area (Å²) < 4.78 is 49.7. The summed E-state index contributed by atoms with van der Waals surface area (Å²) in [4.78, 5) is 0. The van der Waals surface area contributed by atoms with Crippen LogP contribution in [0.5, 0.6) is 0 Å². The van der Waals surface area contributed by atoms with Crippen molar-refractivity contribution < 1.29 is 17.6 Å². The van der Waals surface area contributed by atoms with Crippen LogP contribution in [0.1, 0.15) is 44.2 Å². The molecule has 114 valence electrons. The lowest BCUT2D eigenvalue weighted by molar-refractivity contribution is -0.135. The molecule has 20 heavy (non-hydrogen) atoms. The minimum Gasteiger partial charge on any atom is -0.310 e. The number of benzene rings is 1. The van der Waals surface area contributed by atoms with E-state index in [0.717, 1.165) is 6.42 Å². The van der Waals surface area contributed by atoms with Gasteiger partial charge in [0.1, 0.15) is 5.82 Å². The Morgan fingerprint density at radius 2 is 2.00 bits per heavy atom. The average molecular weight is 312 g/mol. The number of hydrogen-bond acceptors (Lipinski definition) is 1. The fraction of sp³-hybridized carbons (Fsp3) is 0.571. The third-order valence-electron chi connectivity index (χ3n) is 2.94. The van der Waals surface area contributed by atoms with Gasteiger partial charge in [0.05, 0.1) is 5.02 Å². The monoisotopic (exact) mass is 311 g/mol. The highest BCUT2D eigenvalue weighted by Crippen LogP contribution is 2.28. The lowest BCUT2D eigenvalue weighted by Crippen LogP contribution is -2.22. The smallest absolute Gasteiger partial charge is 0.310 e. The molecular weight excluding hydrogens is 294 g/mol. The molecule has 0 saturated carbocycles. The van der Waals surface area contributed by atoms with E-state index in [1.807, 2.05) is 6.92 Å². The van der Waals surface area contributed by atoms with Crippen molar-refractivity contribution in [3.05, 3.63) is 34.6 Å². The predicted octanol–water partition coefficient (Wildman–Crippen LogP) is 5.25. The van der Waals surface area contributed by atoms with Gasteiger partial charge in [0, 0.05) is 12.5 Å². The van der Waals surface area contributed by atoms with E-state index in [9.17, 15) is 17.6 Å². The van der Waals surface area contributed by atoms with Crippen LogP contribution in [0.25, 0.3) is 0 Å². The van der Waals surface area contributed by atoms with Gasteiger partial charge in [-0.2, -0.15) is 13.2 Å². The fourth-order valence-electron chi connectivity index (χ4n) is 1.94. The molecule has 1 aromatic carbocycles. The van der Waals surface area contributed by atoms with Gasteiger partial charge in [-0.25, -0.2) is 4.39 Å². The Morgan fingerprint density at radius 1 is 1.30 bits per heavy atom. The van der Waals surface area contributed by atoms with Crippen molar-refractivity contribution in [3.63, 3.8) is 0 Å². The third-order valence-corrected chi connectivity index (χ3v) is 3.23. The molecule has 0 aliphatic carbocycles. The molecule has 0 aromatic heterocycles. The molecule has 0 aliphatic heterocycles. The van der Waals surface area contributed by atoms with Crippen LogP contribution in [0.2, 0.25) is 5.02 Å². The molecule has 0 aliphatic rings. The lowest BCUT2D eigenvalue weighted by Gasteiger charge is -2.20. The van der Waals surface area contributed by atoms with Crippen molar-refractivity contribution in [2.45, 2.75) is 44.8 Å². The van der Waals surface area contributed by atoms with Crippen LogP contribution >= 0.6 is 11.6 Å². The zero-order valence-corrected chi connectivity index (χ0v) is 12.0. The summed E-state index contributed by atoms with van der Waals surface area (Å²) in [6.45, 7) is 2.66. The molecule has 0 amide bonds. The SMILES string of the molecule is CCCNC(CCCC(F)(F)F)c1ccc(F)c(Cl)c1. The van der Waals surface area contributed by atoms with Crippen molar-refractivity contribution >= 4 is 11.6 Å². The Hall–Kier alpha value is -0.810. The Labute approximate surface area is 121 Å². The minimum absolute atomic E-state index is 0.0124. The zero-order valence-electron chi connectivity index (χ0n) is 11.2. The van der Waals surface area contributed by atoms with Gasteiger partial charge in [0.2, 0.25) is 0 Å². The quantitative estimate of drug-likeness (QED) is 0.678. The van der Waals surface area contributed by atoms with Crippen LogP contribution < -0.4 is 5.32 Å². The predicted molar refractivity (Wildman–Crippen MR) is 72.4 cm³/mol. The number of hydrogen-bond donors (Lipinski definition) is 1. The first-order chi connectivity index (χ1) is 9.33. The summed E-state index contributed by atoms with van der Waals surface area (Å²) in [7, 11) is 0. The van der Waals surface area contributed by atoms with E-state index >= 15 is 0 Å². The molecule has 1 unspecified atom stereocenters. The Morgan fingerprint density at radius 3 is 2.55 bits per heavy atom. The van der Waals surface area contributed by atoms with Crippen LogP contribution in [-0.2, 0) is 0 Å². The Kier molecular flexibility index (Phi) is 6.76. The van der Waals surface area contributed by atoms with E-state index in [1.165, 1.54) is 12.1 Å². The summed E-state index contributed by atoms with van der Waals surface area (Å²) in [5.41, 5.74) is 0.715. The van der Waals surface area contributed by atoms with Crippen molar-refractivity contribution in [2.75, 3.05) is 6.54 Å². The van der Waals surface area contributed by atoms with E-state index in [2.05, 4.69) is 5.32 Å². The topological polar surface area (TPSA) is 12.0 Å². The molecule has 6 heteroatoms. The fourth-order valence-corrected chi connectivity index (χ4v) is 2.13. The molecule has 0 heterocycles. The number of halogens is 5. The third kappa shape index (κ3) is 6.09. The van der Waals surface area contributed by atoms with Crippen LogP contribution in [0, 0.1) is 5.82 Å². The van der Waals surface area contributed by atoms with Gasteiger partial charge < -0.3 is 5.32 Å². The van der Waals surface area contributed by atoms with E-state index < -0.39 is 18.4 Å².